The lowest BCUT2D eigenvalue weighted by molar-refractivity contribution is 0.647. The van der Waals surface area contributed by atoms with Gasteiger partial charge in [0.1, 0.15) is 0 Å². The van der Waals surface area contributed by atoms with Crippen LogP contribution in [0.4, 0.5) is 0 Å². The first-order valence-corrected chi connectivity index (χ1v) is 8.26. The molecule has 0 aliphatic rings. The lowest BCUT2D eigenvalue weighted by Gasteiger charge is -2.19. The normalized spacial score (nSPS) is 19.6. The Morgan fingerprint density at radius 2 is 0.800 bits per heavy atom. The van der Waals surface area contributed by atoms with E-state index < -0.39 is 0 Å². The molecule has 0 nitrogen and oxygen atoms in total. The maximum absolute atomic E-state index is 4.54. The molecule has 4 atom stereocenters. The summed E-state index contributed by atoms with van der Waals surface area (Å²) in [7, 11) is 0. The molecule has 0 fully saturated rings. The topological polar surface area (TPSA) is 0 Å². The van der Waals surface area contributed by atoms with Gasteiger partial charge in [0, 0.05) is 32.5 Å². The highest BCUT2D eigenvalue weighted by Gasteiger charge is 2.15. The van der Waals surface area contributed by atoms with E-state index in [-0.39, 0.29) is 0 Å². The van der Waals surface area contributed by atoms with Gasteiger partial charge in [0.25, 0.3) is 0 Å². The van der Waals surface area contributed by atoms with E-state index in [1.165, 1.54) is 0 Å². The SMILES string of the molecule is SCC(S)CC(S)CC(S)CC(S)CS. The molecular formula is C9H20S6. The van der Waals surface area contributed by atoms with Crippen molar-refractivity contribution in [1.29, 1.82) is 0 Å². The highest BCUT2D eigenvalue weighted by molar-refractivity contribution is 7.85. The van der Waals surface area contributed by atoms with E-state index in [1.54, 1.807) is 0 Å². The first kappa shape index (κ1) is 17.1. The van der Waals surface area contributed by atoms with Crippen LogP contribution in [0.15, 0.2) is 0 Å². The molecule has 0 saturated heterocycles. The molecule has 0 rings (SSSR count). The average Bonchev–Trinajstić information content (AvgIpc) is 2.16. The van der Waals surface area contributed by atoms with Crippen molar-refractivity contribution in [3.05, 3.63) is 0 Å². The molecule has 0 bridgehead atoms. The molecule has 6 heteroatoms. The number of hydrogen-bond donors (Lipinski definition) is 6. The van der Waals surface area contributed by atoms with Crippen LogP contribution in [0.2, 0.25) is 0 Å². The van der Waals surface area contributed by atoms with Crippen molar-refractivity contribution >= 4 is 75.8 Å². The van der Waals surface area contributed by atoms with Gasteiger partial charge in [-0.15, -0.1) is 0 Å². The fourth-order valence-electron chi connectivity index (χ4n) is 1.28. The Bertz CT molecular complexity index is 138. The zero-order valence-electron chi connectivity index (χ0n) is 8.53. The summed E-state index contributed by atoms with van der Waals surface area (Å²) in [5.41, 5.74) is 0. The van der Waals surface area contributed by atoms with Crippen LogP contribution in [0, 0.1) is 0 Å². The summed E-state index contributed by atoms with van der Waals surface area (Å²) in [6.45, 7) is 0. The summed E-state index contributed by atoms with van der Waals surface area (Å²) < 4.78 is 0. The summed E-state index contributed by atoms with van der Waals surface area (Å²) >= 11 is 26.3. The van der Waals surface area contributed by atoms with Crippen LogP contribution in [-0.4, -0.2) is 32.5 Å². The quantitative estimate of drug-likeness (QED) is 0.364. The van der Waals surface area contributed by atoms with Gasteiger partial charge in [-0.05, 0) is 19.3 Å². The van der Waals surface area contributed by atoms with Crippen molar-refractivity contribution in [3.63, 3.8) is 0 Å². The first-order valence-electron chi connectivity index (χ1n) is 4.93. The average molecular weight is 321 g/mol. The smallest absolute Gasteiger partial charge is 0.0115 e. The molecule has 0 heterocycles. The molecule has 0 saturated carbocycles. The Labute approximate surface area is 127 Å². The summed E-state index contributed by atoms with van der Waals surface area (Å²) in [6.07, 6.45) is 2.94. The Hall–Kier alpha value is 2.10. The molecule has 0 amide bonds. The van der Waals surface area contributed by atoms with Crippen molar-refractivity contribution in [1.82, 2.24) is 0 Å². The lowest BCUT2D eigenvalue weighted by atomic mass is 10.1. The zero-order chi connectivity index (χ0) is 11.8. The van der Waals surface area contributed by atoms with Crippen molar-refractivity contribution in [3.8, 4) is 0 Å². The van der Waals surface area contributed by atoms with Crippen molar-refractivity contribution in [2.24, 2.45) is 0 Å². The fraction of sp³-hybridized carbons (Fsp3) is 1.00. The van der Waals surface area contributed by atoms with Crippen LogP contribution in [0.1, 0.15) is 19.3 Å². The predicted octanol–water partition coefficient (Wildman–Crippen LogP) is 3.21. The Kier molecular flexibility index (Phi) is 11.5. The Morgan fingerprint density at radius 3 is 1.07 bits per heavy atom. The molecule has 0 spiro atoms. The number of hydrogen-bond acceptors (Lipinski definition) is 6. The van der Waals surface area contributed by atoms with Crippen molar-refractivity contribution in [2.45, 2.75) is 40.3 Å². The van der Waals surface area contributed by atoms with Crippen LogP contribution in [-0.2, 0) is 0 Å². The number of rotatable bonds is 8. The van der Waals surface area contributed by atoms with Gasteiger partial charge >= 0.3 is 0 Å². The summed E-state index contributed by atoms with van der Waals surface area (Å²) in [4.78, 5) is 0. The third-order valence-electron chi connectivity index (χ3n) is 2.05. The van der Waals surface area contributed by atoms with Crippen LogP contribution < -0.4 is 0 Å². The van der Waals surface area contributed by atoms with E-state index in [0.29, 0.717) is 21.0 Å². The van der Waals surface area contributed by atoms with Crippen LogP contribution in [0.25, 0.3) is 0 Å². The molecule has 15 heavy (non-hydrogen) atoms. The van der Waals surface area contributed by atoms with E-state index in [2.05, 4.69) is 75.8 Å². The first-order chi connectivity index (χ1) is 6.99. The maximum Gasteiger partial charge on any atom is 0.0115 e. The Balaban J connectivity index is 3.70. The van der Waals surface area contributed by atoms with Gasteiger partial charge < -0.3 is 0 Å². The number of thiol groups is 6. The van der Waals surface area contributed by atoms with Gasteiger partial charge in [-0.3, -0.25) is 0 Å². The molecule has 0 aliphatic heterocycles. The van der Waals surface area contributed by atoms with Crippen LogP contribution in [0.5, 0.6) is 0 Å². The minimum Gasteiger partial charge on any atom is -0.178 e. The van der Waals surface area contributed by atoms with Gasteiger partial charge in [0.15, 0.2) is 0 Å². The lowest BCUT2D eigenvalue weighted by Crippen LogP contribution is -2.18. The van der Waals surface area contributed by atoms with Crippen molar-refractivity contribution in [2.75, 3.05) is 11.5 Å². The zero-order valence-corrected chi connectivity index (χ0v) is 13.9. The minimum atomic E-state index is 0.327. The summed E-state index contributed by atoms with van der Waals surface area (Å²) in [5.74, 6) is 1.59. The van der Waals surface area contributed by atoms with E-state index in [1.807, 2.05) is 0 Å². The molecule has 0 aromatic heterocycles. The highest BCUT2D eigenvalue weighted by Crippen LogP contribution is 2.22. The van der Waals surface area contributed by atoms with Crippen LogP contribution in [0.3, 0.4) is 0 Å². The van der Waals surface area contributed by atoms with Gasteiger partial charge in [0.2, 0.25) is 0 Å². The second-order valence-corrected chi connectivity index (χ2v) is 7.34. The fourth-order valence-corrected chi connectivity index (χ4v) is 3.61. The summed E-state index contributed by atoms with van der Waals surface area (Å²) in [5, 5.41) is 1.35. The van der Waals surface area contributed by atoms with Crippen molar-refractivity contribution < 1.29 is 0 Å². The monoisotopic (exact) mass is 320 g/mol. The van der Waals surface area contributed by atoms with Gasteiger partial charge in [-0.2, -0.15) is 75.8 Å². The van der Waals surface area contributed by atoms with Gasteiger partial charge in [0.05, 0.1) is 0 Å². The van der Waals surface area contributed by atoms with E-state index in [9.17, 15) is 0 Å². The molecule has 0 aromatic carbocycles. The summed E-state index contributed by atoms with van der Waals surface area (Å²) in [6, 6.07) is 0. The molecule has 0 radical (unpaired) electrons. The Morgan fingerprint density at radius 1 is 0.533 bits per heavy atom. The van der Waals surface area contributed by atoms with Crippen LogP contribution >= 0.6 is 75.8 Å². The third-order valence-corrected chi connectivity index (χ3v) is 5.14. The molecular weight excluding hydrogens is 301 g/mol. The molecule has 0 aromatic rings. The highest BCUT2D eigenvalue weighted by atomic mass is 32.1. The van der Waals surface area contributed by atoms with Gasteiger partial charge in [-0.1, -0.05) is 0 Å². The third kappa shape index (κ3) is 9.77. The predicted molar refractivity (Wildman–Crippen MR) is 92.7 cm³/mol. The second kappa shape index (κ2) is 10.1. The van der Waals surface area contributed by atoms with E-state index in [0.717, 1.165) is 30.8 Å². The largest absolute Gasteiger partial charge is 0.178 e. The molecule has 0 aliphatic carbocycles. The maximum atomic E-state index is 4.54. The molecule has 0 N–H and O–H groups in total. The molecule has 4 unspecified atom stereocenters. The second-order valence-electron chi connectivity index (χ2n) is 3.69. The minimum absolute atomic E-state index is 0.327. The van der Waals surface area contributed by atoms with E-state index >= 15 is 0 Å². The molecule has 92 valence electrons. The van der Waals surface area contributed by atoms with E-state index in [4.69, 9.17) is 0 Å². The standard InChI is InChI=1S/C9H20S6/c10-4-8(14)2-6(12)1-7(13)3-9(15)5-11/h6-15H,1-5H2. The van der Waals surface area contributed by atoms with Gasteiger partial charge in [-0.25, -0.2) is 0 Å².